The Labute approximate surface area is 175 Å². The van der Waals surface area contributed by atoms with Crippen molar-refractivity contribution >= 4 is 5.91 Å². The van der Waals surface area contributed by atoms with Gasteiger partial charge in [-0.1, -0.05) is 42.5 Å². The van der Waals surface area contributed by atoms with Gasteiger partial charge in [-0.05, 0) is 48.6 Å². The van der Waals surface area contributed by atoms with E-state index >= 15 is 0 Å². The molecule has 0 saturated heterocycles. The second-order valence-electron chi connectivity index (χ2n) is 7.51. The fourth-order valence-corrected chi connectivity index (χ4v) is 3.37. The molecule has 0 bridgehead atoms. The standard InChI is InChI=1S/C25H24FNO3/c1-29-23-9-5-6-10-24(23)30-20-13-14-21(22(26)15-20)25(28)27(17-19-11-12-19)16-18-7-3-2-4-8-18/h2-10,13-15,19H,11-12,16-17H2,1H3. The van der Waals surface area contributed by atoms with E-state index in [-0.39, 0.29) is 11.5 Å². The average Bonchev–Trinajstić information content (AvgIpc) is 3.58. The van der Waals surface area contributed by atoms with Crippen molar-refractivity contribution in [3.8, 4) is 17.2 Å². The number of carbonyl (C=O) groups excluding carboxylic acids is 1. The second kappa shape index (κ2) is 8.99. The van der Waals surface area contributed by atoms with Crippen LogP contribution in [0, 0.1) is 11.7 Å². The van der Waals surface area contributed by atoms with E-state index in [1.165, 1.54) is 12.1 Å². The minimum Gasteiger partial charge on any atom is -0.493 e. The van der Waals surface area contributed by atoms with Gasteiger partial charge in [0.25, 0.3) is 5.91 Å². The monoisotopic (exact) mass is 405 g/mol. The Morgan fingerprint density at radius 3 is 2.37 bits per heavy atom. The number of hydrogen-bond acceptors (Lipinski definition) is 3. The highest BCUT2D eigenvalue weighted by molar-refractivity contribution is 5.94. The van der Waals surface area contributed by atoms with Crippen molar-refractivity contribution in [2.45, 2.75) is 19.4 Å². The molecule has 1 aliphatic rings. The number of rotatable bonds is 8. The van der Waals surface area contributed by atoms with Crippen LogP contribution in [-0.4, -0.2) is 24.5 Å². The molecule has 0 unspecified atom stereocenters. The van der Waals surface area contributed by atoms with E-state index < -0.39 is 5.82 Å². The van der Waals surface area contributed by atoms with Crippen LogP contribution in [0.2, 0.25) is 0 Å². The van der Waals surface area contributed by atoms with E-state index in [4.69, 9.17) is 9.47 Å². The van der Waals surface area contributed by atoms with Gasteiger partial charge in [0.2, 0.25) is 0 Å². The smallest absolute Gasteiger partial charge is 0.257 e. The molecule has 5 heteroatoms. The largest absolute Gasteiger partial charge is 0.493 e. The third-order valence-electron chi connectivity index (χ3n) is 5.15. The van der Waals surface area contributed by atoms with Crippen LogP contribution < -0.4 is 9.47 Å². The first-order valence-corrected chi connectivity index (χ1v) is 10.1. The van der Waals surface area contributed by atoms with Gasteiger partial charge in [-0.2, -0.15) is 0 Å². The van der Waals surface area contributed by atoms with Crippen molar-refractivity contribution in [3.05, 3.63) is 89.7 Å². The first-order chi connectivity index (χ1) is 14.6. The molecule has 0 heterocycles. The Balaban J connectivity index is 1.53. The van der Waals surface area contributed by atoms with Gasteiger partial charge in [0, 0.05) is 19.2 Å². The third kappa shape index (κ3) is 4.79. The van der Waals surface area contributed by atoms with Gasteiger partial charge < -0.3 is 14.4 Å². The topological polar surface area (TPSA) is 38.8 Å². The summed E-state index contributed by atoms with van der Waals surface area (Å²) in [5.41, 5.74) is 1.09. The highest BCUT2D eigenvalue weighted by atomic mass is 19.1. The zero-order valence-electron chi connectivity index (χ0n) is 16.9. The molecule has 0 spiro atoms. The summed E-state index contributed by atoms with van der Waals surface area (Å²) in [6.07, 6.45) is 2.24. The molecule has 0 atom stereocenters. The summed E-state index contributed by atoms with van der Waals surface area (Å²) in [6, 6.07) is 21.3. The van der Waals surface area contributed by atoms with E-state index in [1.54, 1.807) is 30.2 Å². The minimum absolute atomic E-state index is 0.0546. The molecular weight excluding hydrogens is 381 g/mol. The number of hydrogen-bond donors (Lipinski definition) is 0. The predicted molar refractivity (Wildman–Crippen MR) is 113 cm³/mol. The highest BCUT2D eigenvalue weighted by Gasteiger charge is 2.28. The van der Waals surface area contributed by atoms with Crippen molar-refractivity contribution in [1.82, 2.24) is 4.90 Å². The Kier molecular flexibility index (Phi) is 5.98. The maximum Gasteiger partial charge on any atom is 0.257 e. The lowest BCUT2D eigenvalue weighted by Crippen LogP contribution is -2.33. The number of methoxy groups -OCH3 is 1. The molecule has 154 valence electrons. The predicted octanol–water partition coefficient (Wildman–Crippen LogP) is 5.68. The van der Waals surface area contributed by atoms with Gasteiger partial charge >= 0.3 is 0 Å². The van der Waals surface area contributed by atoms with Crippen LogP contribution in [0.5, 0.6) is 17.2 Å². The van der Waals surface area contributed by atoms with Crippen molar-refractivity contribution < 1.29 is 18.7 Å². The van der Waals surface area contributed by atoms with Gasteiger partial charge in [0.05, 0.1) is 12.7 Å². The second-order valence-corrected chi connectivity index (χ2v) is 7.51. The number of halogens is 1. The molecule has 0 aliphatic heterocycles. The Morgan fingerprint density at radius 1 is 1.00 bits per heavy atom. The fourth-order valence-electron chi connectivity index (χ4n) is 3.37. The van der Waals surface area contributed by atoms with Gasteiger partial charge in [-0.3, -0.25) is 4.79 Å². The zero-order valence-corrected chi connectivity index (χ0v) is 16.9. The maximum atomic E-state index is 14.9. The molecule has 0 aromatic heterocycles. The summed E-state index contributed by atoms with van der Waals surface area (Å²) < 4.78 is 25.9. The first-order valence-electron chi connectivity index (χ1n) is 10.1. The zero-order chi connectivity index (χ0) is 20.9. The van der Waals surface area contributed by atoms with Crippen LogP contribution in [0.15, 0.2) is 72.8 Å². The van der Waals surface area contributed by atoms with Gasteiger partial charge in [0.15, 0.2) is 11.5 Å². The number of carbonyl (C=O) groups is 1. The fraction of sp³-hybridized carbons (Fsp3) is 0.240. The summed E-state index contributed by atoms with van der Waals surface area (Å²) in [4.78, 5) is 14.9. The summed E-state index contributed by atoms with van der Waals surface area (Å²) in [7, 11) is 1.55. The number of amides is 1. The Hall–Kier alpha value is -3.34. The molecule has 0 radical (unpaired) electrons. The summed E-state index contributed by atoms with van der Waals surface area (Å²) >= 11 is 0. The molecule has 1 amide bonds. The molecule has 1 aliphatic carbocycles. The van der Waals surface area contributed by atoms with E-state index in [0.717, 1.165) is 18.4 Å². The quantitative estimate of drug-likeness (QED) is 0.484. The van der Waals surface area contributed by atoms with Crippen LogP contribution in [0.3, 0.4) is 0 Å². The van der Waals surface area contributed by atoms with Crippen LogP contribution in [-0.2, 0) is 6.54 Å². The lowest BCUT2D eigenvalue weighted by atomic mass is 10.1. The lowest BCUT2D eigenvalue weighted by molar-refractivity contribution is 0.0730. The molecule has 1 saturated carbocycles. The summed E-state index contributed by atoms with van der Waals surface area (Å²) in [6.45, 7) is 1.11. The number of benzene rings is 3. The van der Waals surface area contributed by atoms with Crippen LogP contribution >= 0.6 is 0 Å². The summed E-state index contributed by atoms with van der Waals surface area (Å²) in [5, 5.41) is 0. The van der Waals surface area contributed by atoms with Gasteiger partial charge in [-0.15, -0.1) is 0 Å². The third-order valence-corrected chi connectivity index (χ3v) is 5.15. The van der Waals surface area contributed by atoms with E-state index in [1.807, 2.05) is 42.5 Å². The molecule has 3 aromatic carbocycles. The van der Waals surface area contributed by atoms with Crippen molar-refractivity contribution in [2.24, 2.45) is 5.92 Å². The molecule has 30 heavy (non-hydrogen) atoms. The number of ether oxygens (including phenoxy) is 2. The minimum atomic E-state index is -0.596. The van der Waals surface area contributed by atoms with Gasteiger partial charge in [-0.25, -0.2) is 4.39 Å². The SMILES string of the molecule is COc1ccccc1Oc1ccc(C(=O)N(Cc2ccccc2)CC2CC2)c(F)c1. The molecule has 4 rings (SSSR count). The van der Waals surface area contributed by atoms with Crippen LogP contribution in [0.25, 0.3) is 0 Å². The summed E-state index contributed by atoms with van der Waals surface area (Å²) in [5.74, 6) is 0.960. The van der Waals surface area contributed by atoms with Crippen LogP contribution in [0.4, 0.5) is 4.39 Å². The molecule has 3 aromatic rings. The van der Waals surface area contributed by atoms with Crippen molar-refractivity contribution in [2.75, 3.05) is 13.7 Å². The molecule has 0 N–H and O–H groups in total. The lowest BCUT2D eigenvalue weighted by Gasteiger charge is -2.23. The van der Waals surface area contributed by atoms with Gasteiger partial charge in [0.1, 0.15) is 11.6 Å². The number of para-hydroxylation sites is 2. The van der Waals surface area contributed by atoms with E-state index in [9.17, 15) is 9.18 Å². The molecule has 4 nitrogen and oxygen atoms in total. The highest BCUT2D eigenvalue weighted by Crippen LogP contribution is 2.33. The van der Waals surface area contributed by atoms with Crippen LogP contribution in [0.1, 0.15) is 28.8 Å². The molecular formula is C25H24FNO3. The van der Waals surface area contributed by atoms with E-state index in [2.05, 4.69) is 0 Å². The van der Waals surface area contributed by atoms with Crippen molar-refractivity contribution in [3.63, 3.8) is 0 Å². The normalized spacial score (nSPS) is 13.0. The maximum absolute atomic E-state index is 14.9. The first kappa shape index (κ1) is 20.0. The Morgan fingerprint density at radius 2 is 1.70 bits per heavy atom. The Bertz CT molecular complexity index is 1020. The van der Waals surface area contributed by atoms with E-state index in [0.29, 0.717) is 36.3 Å². The van der Waals surface area contributed by atoms with Crippen molar-refractivity contribution in [1.29, 1.82) is 0 Å². The number of nitrogens with zero attached hydrogens (tertiary/aromatic N) is 1. The average molecular weight is 405 g/mol. The molecule has 1 fully saturated rings.